The zero-order chi connectivity index (χ0) is 16.2. The van der Waals surface area contributed by atoms with Crippen molar-refractivity contribution in [3.63, 3.8) is 0 Å². The van der Waals surface area contributed by atoms with Gasteiger partial charge in [0.1, 0.15) is 5.82 Å². The summed E-state index contributed by atoms with van der Waals surface area (Å²) >= 11 is 7.51. The molecule has 1 aliphatic heterocycles. The average molecular weight is 350 g/mol. The average Bonchev–Trinajstić information content (AvgIpc) is 3.23. The lowest BCUT2D eigenvalue weighted by molar-refractivity contribution is 0.0754. The number of hydrogen-bond acceptors (Lipinski definition) is 4. The number of carbonyl (C=O) groups excluding carboxylic acids is 1. The van der Waals surface area contributed by atoms with Crippen LogP contribution in [-0.4, -0.2) is 35.4 Å². The first-order chi connectivity index (χ1) is 11.2. The van der Waals surface area contributed by atoms with E-state index in [1.54, 1.807) is 6.20 Å². The van der Waals surface area contributed by atoms with Crippen LogP contribution in [-0.2, 0) is 6.54 Å². The van der Waals surface area contributed by atoms with Crippen LogP contribution in [0.5, 0.6) is 0 Å². The summed E-state index contributed by atoms with van der Waals surface area (Å²) in [5.74, 6) is 0.852. The number of thiophene rings is 1. The second-order valence-corrected chi connectivity index (χ2v) is 7.39. The number of aromatic nitrogens is 1. The molecule has 1 aliphatic rings. The molecule has 1 amide bonds. The van der Waals surface area contributed by atoms with Crippen molar-refractivity contribution in [2.24, 2.45) is 0 Å². The zero-order valence-corrected chi connectivity index (χ0v) is 14.7. The van der Waals surface area contributed by atoms with E-state index in [9.17, 15) is 4.79 Å². The molecule has 6 heteroatoms. The van der Waals surface area contributed by atoms with Gasteiger partial charge < -0.3 is 9.80 Å². The second kappa shape index (κ2) is 7.32. The molecule has 0 spiro atoms. The Morgan fingerprint density at radius 1 is 1.35 bits per heavy atom. The van der Waals surface area contributed by atoms with E-state index in [0.29, 0.717) is 18.7 Å². The van der Waals surface area contributed by atoms with Crippen LogP contribution in [0.1, 0.15) is 35.0 Å². The predicted octanol–water partition coefficient (Wildman–Crippen LogP) is 4.06. The van der Waals surface area contributed by atoms with E-state index in [2.05, 4.69) is 9.88 Å². The summed E-state index contributed by atoms with van der Waals surface area (Å²) in [4.78, 5) is 22.6. The van der Waals surface area contributed by atoms with E-state index in [0.717, 1.165) is 41.0 Å². The molecule has 3 rings (SSSR count). The van der Waals surface area contributed by atoms with Crippen molar-refractivity contribution in [2.45, 2.75) is 26.3 Å². The molecule has 0 atom stereocenters. The third-order valence-corrected chi connectivity index (χ3v) is 5.28. The first kappa shape index (κ1) is 16.3. The third kappa shape index (κ3) is 3.67. The highest BCUT2D eigenvalue weighted by Crippen LogP contribution is 2.26. The molecule has 4 nitrogen and oxygen atoms in total. The normalized spacial score (nSPS) is 14.3. The zero-order valence-electron chi connectivity index (χ0n) is 13.2. The van der Waals surface area contributed by atoms with Crippen molar-refractivity contribution < 1.29 is 4.79 Å². The fraction of sp³-hybridized carbons (Fsp3) is 0.412. The maximum absolute atomic E-state index is 13.0. The molecule has 0 aliphatic carbocycles. The van der Waals surface area contributed by atoms with Crippen LogP contribution in [0.3, 0.4) is 0 Å². The van der Waals surface area contributed by atoms with Gasteiger partial charge in [-0.25, -0.2) is 4.98 Å². The Bertz CT molecular complexity index is 682. The van der Waals surface area contributed by atoms with Crippen LogP contribution >= 0.6 is 22.9 Å². The van der Waals surface area contributed by atoms with Gasteiger partial charge in [-0.3, -0.25) is 4.79 Å². The Morgan fingerprint density at radius 2 is 2.13 bits per heavy atom. The summed E-state index contributed by atoms with van der Waals surface area (Å²) in [5, 5.41) is 0. The van der Waals surface area contributed by atoms with Gasteiger partial charge in [-0.1, -0.05) is 11.6 Å². The quantitative estimate of drug-likeness (QED) is 0.816. The van der Waals surface area contributed by atoms with Gasteiger partial charge in [0.05, 0.1) is 16.4 Å². The molecular weight excluding hydrogens is 330 g/mol. The van der Waals surface area contributed by atoms with Crippen molar-refractivity contribution >= 4 is 34.7 Å². The van der Waals surface area contributed by atoms with Gasteiger partial charge in [0, 0.05) is 30.7 Å². The predicted molar refractivity (Wildman–Crippen MR) is 95.4 cm³/mol. The first-order valence-corrected chi connectivity index (χ1v) is 9.12. The highest BCUT2D eigenvalue weighted by Gasteiger charge is 2.23. The largest absolute Gasteiger partial charge is 0.356 e. The van der Waals surface area contributed by atoms with E-state index in [4.69, 9.17) is 11.6 Å². The second-order valence-electron chi connectivity index (χ2n) is 5.59. The van der Waals surface area contributed by atoms with Gasteiger partial charge in [-0.2, -0.15) is 0 Å². The van der Waals surface area contributed by atoms with Crippen molar-refractivity contribution in [2.75, 3.05) is 24.5 Å². The fourth-order valence-electron chi connectivity index (χ4n) is 2.87. The maximum Gasteiger partial charge on any atom is 0.257 e. The van der Waals surface area contributed by atoms with Crippen molar-refractivity contribution in [3.05, 3.63) is 45.2 Å². The van der Waals surface area contributed by atoms with Gasteiger partial charge in [0.15, 0.2) is 0 Å². The van der Waals surface area contributed by atoms with E-state index >= 15 is 0 Å². The Balaban J connectivity index is 1.83. The monoisotopic (exact) mass is 349 g/mol. The Morgan fingerprint density at radius 3 is 2.78 bits per heavy atom. The molecule has 0 unspecified atom stereocenters. The summed E-state index contributed by atoms with van der Waals surface area (Å²) in [6.45, 7) is 5.19. The molecule has 0 aromatic carbocycles. The van der Waals surface area contributed by atoms with Crippen molar-refractivity contribution in [3.8, 4) is 0 Å². The van der Waals surface area contributed by atoms with Crippen LogP contribution in [0.4, 0.5) is 5.82 Å². The molecule has 3 heterocycles. The molecule has 2 aromatic rings. The summed E-state index contributed by atoms with van der Waals surface area (Å²) in [6, 6.07) is 7.57. The number of hydrogen-bond donors (Lipinski definition) is 0. The number of carbonyl (C=O) groups is 1. The van der Waals surface area contributed by atoms with Gasteiger partial charge in [-0.05, 0) is 44.0 Å². The number of anilines is 1. The lowest BCUT2D eigenvalue weighted by Crippen LogP contribution is -2.32. The fourth-order valence-corrected chi connectivity index (χ4v) is 3.97. The summed E-state index contributed by atoms with van der Waals surface area (Å²) in [5.41, 5.74) is 0.693. The van der Waals surface area contributed by atoms with Crippen LogP contribution in [0, 0.1) is 0 Å². The van der Waals surface area contributed by atoms with Crippen LogP contribution in [0.15, 0.2) is 30.5 Å². The minimum atomic E-state index is 0.0343. The lowest BCUT2D eigenvalue weighted by atomic mass is 10.2. The van der Waals surface area contributed by atoms with Gasteiger partial charge in [0.25, 0.3) is 5.91 Å². The number of halogens is 1. The third-order valence-electron chi connectivity index (χ3n) is 4.07. The minimum absolute atomic E-state index is 0.0343. The van der Waals surface area contributed by atoms with E-state index in [-0.39, 0.29) is 5.91 Å². The Labute approximate surface area is 145 Å². The summed E-state index contributed by atoms with van der Waals surface area (Å²) in [7, 11) is 0. The number of amides is 1. The molecule has 0 bridgehead atoms. The minimum Gasteiger partial charge on any atom is -0.356 e. The molecule has 0 saturated carbocycles. The Hall–Kier alpha value is -1.59. The van der Waals surface area contributed by atoms with Gasteiger partial charge in [-0.15, -0.1) is 11.3 Å². The van der Waals surface area contributed by atoms with E-state index in [1.165, 1.54) is 11.3 Å². The highest BCUT2D eigenvalue weighted by atomic mass is 35.5. The van der Waals surface area contributed by atoms with Gasteiger partial charge in [0.2, 0.25) is 0 Å². The molecule has 1 saturated heterocycles. The highest BCUT2D eigenvalue weighted by molar-refractivity contribution is 7.16. The van der Waals surface area contributed by atoms with E-state index < -0.39 is 0 Å². The number of rotatable bonds is 5. The molecule has 1 fully saturated rings. The van der Waals surface area contributed by atoms with E-state index in [1.807, 2.05) is 36.1 Å². The van der Waals surface area contributed by atoms with Crippen molar-refractivity contribution in [1.29, 1.82) is 0 Å². The summed E-state index contributed by atoms with van der Waals surface area (Å²) in [6.07, 6.45) is 4.09. The first-order valence-electron chi connectivity index (χ1n) is 7.92. The number of nitrogens with zero attached hydrogens (tertiary/aromatic N) is 3. The Kier molecular flexibility index (Phi) is 5.18. The van der Waals surface area contributed by atoms with Crippen LogP contribution in [0.2, 0.25) is 4.34 Å². The molecule has 2 aromatic heterocycles. The van der Waals surface area contributed by atoms with Crippen LogP contribution < -0.4 is 4.90 Å². The lowest BCUT2D eigenvalue weighted by Gasteiger charge is -2.24. The molecular formula is C17H20ClN3OS. The standard InChI is InChI=1S/C17H20ClN3OS/c1-2-20(12-13-7-8-15(18)23-13)17(22)14-6-5-9-19-16(14)21-10-3-4-11-21/h5-9H,2-4,10-12H2,1H3. The maximum atomic E-state index is 13.0. The van der Waals surface area contributed by atoms with Crippen LogP contribution in [0.25, 0.3) is 0 Å². The van der Waals surface area contributed by atoms with Gasteiger partial charge >= 0.3 is 0 Å². The summed E-state index contributed by atoms with van der Waals surface area (Å²) < 4.78 is 0.752. The molecule has 0 radical (unpaired) electrons. The van der Waals surface area contributed by atoms with Crippen molar-refractivity contribution in [1.82, 2.24) is 9.88 Å². The SMILES string of the molecule is CCN(Cc1ccc(Cl)s1)C(=O)c1cccnc1N1CCCC1. The topological polar surface area (TPSA) is 36.4 Å². The molecule has 23 heavy (non-hydrogen) atoms. The number of pyridine rings is 1. The smallest absolute Gasteiger partial charge is 0.257 e. The molecule has 122 valence electrons. The molecule has 0 N–H and O–H groups in total.